The second-order valence-corrected chi connectivity index (χ2v) is 8.55. The van der Waals surface area contributed by atoms with Gasteiger partial charge in [0.15, 0.2) is 0 Å². The van der Waals surface area contributed by atoms with Crippen LogP contribution in [0.3, 0.4) is 0 Å². The average Bonchev–Trinajstić information content (AvgIpc) is 2.06. The van der Waals surface area contributed by atoms with Gasteiger partial charge in [-0.3, -0.25) is 0 Å². The first-order valence-electron chi connectivity index (χ1n) is 4.65. The third kappa shape index (κ3) is 9.09. The molecule has 0 N–H and O–H groups in total. The monoisotopic (exact) mass is 303 g/mol. The molecule has 0 heterocycles. The first-order chi connectivity index (χ1) is 5.81. The van der Waals surface area contributed by atoms with Crippen LogP contribution in [0.1, 0.15) is 13.8 Å². The summed E-state index contributed by atoms with van der Waals surface area (Å²) >= 11 is 1.81. The molecule has 0 unspecified atom stereocenters. The minimum atomic E-state index is 0.907. The Morgan fingerprint density at radius 2 is 1.33 bits per heavy atom. The van der Waals surface area contributed by atoms with E-state index in [4.69, 9.17) is 0 Å². The van der Waals surface area contributed by atoms with Gasteiger partial charge in [0, 0.05) is 0 Å². The molecule has 0 amide bonds. The molecular weight excluding hydrogens is 280 g/mol. The maximum atomic E-state index is 2.49. The molecule has 1 nitrogen and oxygen atoms in total. The fourth-order valence-corrected chi connectivity index (χ4v) is 3.90. The van der Waals surface area contributed by atoms with Crippen LogP contribution in [0.25, 0.3) is 0 Å². The normalized spacial score (nSPS) is 11.0. The third-order valence-electron chi connectivity index (χ3n) is 1.64. The van der Waals surface area contributed by atoms with E-state index in [-0.39, 0.29) is 0 Å². The van der Waals surface area contributed by atoms with E-state index in [2.05, 4.69) is 25.8 Å². The SMILES string of the molecule is CC[Se]CCN(C)CC[Se]CC. The van der Waals surface area contributed by atoms with Crippen LogP contribution in [-0.4, -0.2) is 55.0 Å². The molecule has 0 aliphatic heterocycles. The standard InChI is InChI=1S/C9H21NSe2/c1-4-11-8-6-10(3)7-9-12-5-2/h4-9H2,1-3H3. The van der Waals surface area contributed by atoms with E-state index in [1.54, 1.807) is 0 Å². The summed E-state index contributed by atoms with van der Waals surface area (Å²) in [6.45, 7) is 7.24. The van der Waals surface area contributed by atoms with Crippen molar-refractivity contribution in [1.29, 1.82) is 0 Å². The van der Waals surface area contributed by atoms with Gasteiger partial charge in [-0.25, -0.2) is 0 Å². The van der Waals surface area contributed by atoms with Crippen molar-refractivity contribution in [2.45, 2.75) is 35.1 Å². The summed E-state index contributed by atoms with van der Waals surface area (Å²) in [5, 5.41) is 5.69. The van der Waals surface area contributed by atoms with Gasteiger partial charge in [-0.1, -0.05) is 0 Å². The molecule has 0 radical (unpaired) electrons. The Bertz CT molecular complexity index is 78.6. The third-order valence-corrected chi connectivity index (χ3v) is 5.33. The molecule has 0 aliphatic carbocycles. The van der Waals surface area contributed by atoms with Crippen LogP contribution in [0.15, 0.2) is 0 Å². The van der Waals surface area contributed by atoms with Gasteiger partial charge in [-0.15, -0.1) is 0 Å². The van der Waals surface area contributed by atoms with Gasteiger partial charge in [0.1, 0.15) is 0 Å². The van der Waals surface area contributed by atoms with Crippen molar-refractivity contribution in [3.8, 4) is 0 Å². The molecule has 0 aromatic rings. The number of rotatable bonds is 8. The fourth-order valence-electron chi connectivity index (χ4n) is 0.841. The first-order valence-corrected chi connectivity index (χ1v) is 9.49. The van der Waals surface area contributed by atoms with Crippen molar-refractivity contribution in [2.24, 2.45) is 0 Å². The van der Waals surface area contributed by atoms with Crippen molar-refractivity contribution < 1.29 is 0 Å². The molecule has 0 saturated heterocycles. The van der Waals surface area contributed by atoms with Crippen LogP contribution in [-0.2, 0) is 0 Å². The molecule has 0 atom stereocenters. The maximum absolute atomic E-state index is 2.49. The van der Waals surface area contributed by atoms with Gasteiger partial charge in [-0.2, -0.15) is 0 Å². The second-order valence-electron chi connectivity index (χ2n) is 2.70. The van der Waals surface area contributed by atoms with E-state index in [1.807, 2.05) is 0 Å². The van der Waals surface area contributed by atoms with Crippen molar-refractivity contribution in [3.05, 3.63) is 0 Å². The van der Waals surface area contributed by atoms with Crippen LogP contribution >= 0.6 is 0 Å². The summed E-state index contributed by atoms with van der Waals surface area (Å²) in [7, 11) is 2.26. The molecule has 74 valence electrons. The first kappa shape index (κ1) is 13.0. The molecule has 0 rings (SSSR count). The molecular formula is C9H21NSe2. The summed E-state index contributed by atoms with van der Waals surface area (Å²) in [5.41, 5.74) is 0. The zero-order valence-corrected chi connectivity index (χ0v) is 11.9. The number of nitrogens with zero attached hydrogens (tertiary/aromatic N) is 1. The predicted molar refractivity (Wildman–Crippen MR) is 59.6 cm³/mol. The fraction of sp³-hybridized carbons (Fsp3) is 1.00. The minimum absolute atomic E-state index is 0.907. The molecule has 12 heavy (non-hydrogen) atoms. The molecule has 0 bridgehead atoms. The molecule has 0 fully saturated rings. The summed E-state index contributed by atoms with van der Waals surface area (Å²) in [6, 6.07) is 0. The summed E-state index contributed by atoms with van der Waals surface area (Å²) in [6.07, 6.45) is 0. The molecule has 3 heteroatoms. The van der Waals surface area contributed by atoms with E-state index in [0.29, 0.717) is 0 Å². The van der Waals surface area contributed by atoms with Crippen LogP contribution in [0, 0.1) is 0 Å². The summed E-state index contributed by atoms with van der Waals surface area (Å²) in [4.78, 5) is 2.49. The van der Waals surface area contributed by atoms with Gasteiger partial charge in [0.05, 0.1) is 0 Å². The van der Waals surface area contributed by atoms with Crippen LogP contribution in [0.5, 0.6) is 0 Å². The van der Waals surface area contributed by atoms with E-state index >= 15 is 0 Å². The van der Waals surface area contributed by atoms with Crippen molar-refractivity contribution in [3.63, 3.8) is 0 Å². The summed E-state index contributed by atoms with van der Waals surface area (Å²) < 4.78 is 0. The average molecular weight is 301 g/mol. The predicted octanol–water partition coefficient (Wildman–Crippen LogP) is 2.04. The molecule has 0 aromatic carbocycles. The van der Waals surface area contributed by atoms with Crippen LogP contribution < -0.4 is 0 Å². The molecule has 0 aliphatic rings. The Hall–Kier alpha value is 0.999. The Balaban J connectivity index is 3.04. The topological polar surface area (TPSA) is 3.24 Å². The van der Waals surface area contributed by atoms with Crippen molar-refractivity contribution in [1.82, 2.24) is 4.90 Å². The quantitative estimate of drug-likeness (QED) is 0.490. The zero-order chi connectivity index (χ0) is 9.23. The number of hydrogen-bond acceptors (Lipinski definition) is 1. The Kier molecular flexibility index (Phi) is 10.9. The second kappa shape index (κ2) is 10.1. The zero-order valence-electron chi connectivity index (χ0n) is 8.51. The summed E-state index contributed by atoms with van der Waals surface area (Å²) in [5.74, 6) is 0. The van der Waals surface area contributed by atoms with Gasteiger partial charge >= 0.3 is 90.1 Å². The van der Waals surface area contributed by atoms with Crippen LogP contribution in [0.4, 0.5) is 0 Å². The van der Waals surface area contributed by atoms with Crippen molar-refractivity contribution in [2.75, 3.05) is 20.1 Å². The van der Waals surface area contributed by atoms with Crippen LogP contribution in [0.2, 0.25) is 21.3 Å². The molecule has 0 saturated carbocycles. The van der Waals surface area contributed by atoms with Crippen molar-refractivity contribution >= 4 is 29.9 Å². The van der Waals surface area contributed by atoms with Gasteiger partial charge in [0.25, 0.3) is 0 Å². The Labute approximate surface area is 90.0 Å². The number of hydrogen-bond donors (Lipinski definition) is 0. The van der Waals surface area contributed by atoms with Gasteiger partial charge in [-0.05, 0) is 0 Å². The van der Waals surface area contributed by atoms with E-state index in [1.165, 1.54) is 34.4 Å². The van der Waals surface area contributed by atoms with Gasteiger partial charge in [0.2, 0.25) is 0 Å². The van der Waals surface area contributed by atoms with Gasteiger partial charge < -0.3 is 0 Å². The Morgan fingerprint density at radius 1 is 0.917 bits per heavy atom. The van der Waals surface area contributed by atoms with E-state index < -0.39 is 0 Å². The van der Waals surface area contributed by atoms with E-state index in [9.17, 15) is 0 Å². The Morgan fingerprint density at radius 3 is 1.67 bits per heavy atom. The molecule has 0 aromatic heterocycles. The molecule has 0 spiro atoms. The van der Waals surface area contributed by atoms with E-state index in [0.717, 1.165) is 29.9 Å².